The summed E-state index contributed by atoms with van der Waals surface area (Å²) in [5, 5.41) is 3.71. The zero-order chi connectivity index (χ0) is 17.6. The molecule has 4 rings (SSSR count). The monoisotopic (exact) mass is 404 g/mol. The van der Waals surface area contributed by atoms with Gasteiger partial charge in [0.25, 0.3) is 5.91 Å². The molecule has 2 fully saturated rings. The summed E-state index contributed by atoms with van der Waals surface area (Å²) in [6.45, 7) is 3.37. The van der Waals surface area contributed by atoms with Gasteiger partial charge in [0.15, 0.2) is 0 Å². The minimum absolute atomic E-state index is 0.00405. The number of hydrogen-bond donors (Lipinski definition) is 2. The van der Waals surface area contributed by atoms with Gasteiger partial charge in [-0.1, -0.05) is 0 Å². The fourth-order valence-electron chi connectivity index (χ4n) is 3.62. The number of hydrogen-bond acceptors (Lipinski definition) is 3. The summed E-state index contributed by atoms with van der Waals surface area (Å²) < 4.78 is 0.716. The molecule has 1 atom stereocenters. The van der Waals surface area contributed by atoms with Crippen LogP contribution in [0.25, 0.3) is 10.9 Å². The number of aromatic amines is 1. The van der Waals surface area contributed by atoms with Crippen LogP contribution < -0.4 is 5.32 Å². The van der Waals surface area contributed by atoms with E-state index in [4.69, 9.17) is 0 Å². The SMILES string of the molecule is C[C@@H](NC(=O)c1cc2cc(Br)ncc2[nH]1)C(=O)N1CCC2(CC1)CC2. The van der Waals surface area contributed by atoms with Crippen molar-refractivity contribution in [3.05, 3.63) is 28.6 Å². The van der Waals surface area contributed by atoms with Crippen LogP contribution in [0.15, 0.2) is 22.9 Å². The van der Waals surface area contributed by atoms with E-state index in [0.29, 0.717) is 15.7 Å². The van der Waals surface area contributed by atoms with Crippen LogP contribution in [0.4, 0.5) is 0 Å². The minimum atomic E-state index is -0.531. The summed E-state index contributed by atoms with van der Waals surface area (Å²) in [6, 6.07) is 3.09. The van der Waals surface area contributed by atoms with Gasteiger partial charge in [-0.2, -0.15) is 0 Å². The Balaban J connectivity index is 1.39. The zero-order valence-electron chi connectivity index (χ0n) is 14.1. The molecule has 0 aromatic carbocycles. The lowest BCUT2D eigenvalue weighted by Gasteiger charge is -2.33. The van der Waals surface area contributed by atoms with E-state index < -0.39 is 6.04 Å². The standard InChI is InChI=1S/C18H21BrN4O2/c1-11(17(25)23-6-4-18(2-3-18)5-7-23)21-16(24)13-8-12-9-15(19)20-10-14(12)22-13/h8-11,22H,2-7H2,1H3,(H,21,24)/t11-/m1/s1. The van der Waals surface area contributed by atoms with Crippen LogP contribution in [0.5, 0.6) is 0 Å². The van der Waals surface area contributed by atoms with Crippen LogP contribution >= 0.6 is 15.9 Å². The number of nitrogens with zero attached hydrogens (tertiary/aromatic N) is 2. The number of carbonyl (C=O) groups excluding carboxylic acids is 2. The number of rotatable bonds is 3. The number of pyridine rings is 1. The van der Waals surface area contributed by atoms with Crippen molar-refractivity contribution in [1.82, 2.24) is 20.2 Å². The fraction of sp³-hybridized carbons (Fsp3) is 0.500. The second-order valence-electron chi connectivity index (χ2n) is 7.30. The zero-order valence-corrected chi connectivity index (χ0v) is 15.7. The lowest BCUT2D eigenvalue weighted by Crippen LogP contribution is -2.49. The molecule has 1 aliphatic heterocycles. The Morgan fingerprint density at radius 2 is 2.00 bits per heavy atom. The highest BCUT2D eigenvalue weighted by Gasteiger charge is 2.45. The average Bonchev–Trinajstić information content (AvgIpc) is 3.21. The van der Waals surface area contributed by atoms with Gasteiger partial charge in [0.1, 0.15) is 16.3 Å². The molecule has 2 aromatic rings. The van der Waals surface area contributed by atoms with Crippen molar-refractivity contribution in [1.29, 1.82) is 0 Å². The predicted octanol–water partition coefficient (Wildman–Crippen LogP) is 2.85. The van der Waals surface area contributed by atoms with Gasteiger partial charge in [-0.25, -0.2) is 4.98 Å². The average molecular weight is 405 g/mol. The lowest BCUT2D eigenvalue weighted by molar-refractivity contribution is -0.134. The second kappa shape index (κ2) is 6.12. The Kier molecular flexibility index (Phi) is 4.06. The highest BCUT2D eigenvalue weighted by Crippen LogP contribution is 2.53. The quantitative estimate of drug-likeness (QED) is 0.771. The van der Waals surface area contributed by atoms with Crippen LogP contribution in [0.3, 0.4) is 0 Å². The van der Waals surface area contributed by atoms with Gasteiger partial charge in [-0.15, -0.1) is 0 Å². The first-order chi connectivity index (χ1) is 12.0. The van der Waals surface area contributed by atoms with Crippen molar-refractivity contribution >= 4 is 38.6 Å². The van der Waals surface area contributed by atoms with E-state index in [9.17, 15) is 9.59 Å². The summed E-state index contributed by atoms with van der Waals surface area (Å²) in [6.07, 6.45) is 6.50. The topological polar surface area (TPSA) is 78.1 Å². The largest absolute Gasteiger partial charge is 0.349 e. The number of fused-ring (bicyclic) bond motifs is 1. The molecule has 1 spiro atoms. The van der Waals surface area contributed by atoms with Gasteiger partial charge in [0.2, 0.25) is 5.91 Å². The maximum atomic E-state index is 12.6. The molecule has 2 aromatic heterocycles. The third-order valence-corrected chi connectivity index (χ3v) is 5.96. The Morgan fingerprint density at radius 1 is 1.28 bits per heavy atom. The minimum Gasteiger partial charge on any atom is -0.349 e. The van der Waals surface area contributed by atoms with Crippen molar-refractivity contribution in [3.63, 3.8) is 0 Å². The predicted molar refractivity (Wildman–Crippen MR) is 98.2 cm³/mol. The molecule has 0 unspecified atom stereocenters. The van der Waals surface area contributed by atoms with Gasteiger partial charge < -0.3 is 15.2 Å². The van der Waals surface area contributed by atoms with Crippen LogP contribution in [0.1, 0.15) is 43.1 Å². The molecular weight excluding hydrogens is 384 g/mol. The van der Waals surface area contributed by atoms with E-state index in [-0.39, 0.29) is 11.8 Å². The highest BCUT2D eigenvalue weighted by atomic mass is 79.9. The molecule has 2 aliphatic rings. The molecule has 1 saturated heterocycles. The van der Waals surface area contributed by atoms with E-state index in [1.54, 1.807) is 19.2 Å². The molecule has 132 valence electrons. The molecular formula is C18H21BrN4O2. The van der Waals surface area contributed by atoms with E-state index in [1.165, 1.54) is 12.8 Å². The van der Waals surface area contributed by atoms with Gasteiger partial charge >= 0.3 is 0 Å². The molecule has 7 heteroatoms. The van der Waals surface area contributed by atoms with E-state index in [0.717, 1.165) is 36.8 Å². The molecule has 1 saturated carbocycles. The Morgan fingerprint density at radius 3 is 2.68 bits per heavy atom. The first-order valence-electron chi connectivity index (χ1n) is 8.70. The second-order valence-corrected chi connectivity index (χ2v) is 8.11. The molecule has 3 heterocycles. The summed E-state index contributed by atoms with van der Waals surface area (Å²) >= 11 is 3.32. The van der Waals surface area contributed by atoms with Crippen LogP contribution in [0, 0.1) is 5.41 Å². The van der Waals surface area contributed by atoms with Crippen LogP contribution in [0.2, 0.25) is 0 Å². The number of nitrogens with one attached hydrogen (secondary N) is 2. The number of H-pyrrole nitrogens is 1. The van der Waals surface area contributed by atoms with Crippen molar-refractivity contribution in [2.24, 2.45) is 5.41 Å². The summed E-state index contributed by atoms with van der Waals surface area (Å²) in [7, 11) is 0. The number of likely N-dealkylation sites (tertiary alicyclic amines) is 1. The normalized spacial score (nSPS) is 19.8. The van der Waals surface area contributed by atoms with Crippen molar-refractivity contribution in [3.8, 4) is 0 Å². The molecule has 2 N–H and O–H groups in total. The maximum absolute atomic E-state index is 12.6. The van der Waals surface area contributed by atoms with E-state index in [2.05, 4.69) is 31.2 Å². The van der Waals surface area contributed by atoms with Crippen molar-refractivity contribution in [2.75, 3.05) is 13.1 Å². The first-order valence-corrected chi connectivity index (χ1v) is 9.49. The molecule has 0 bridgehead atoms. The van der Waals surface area contributed by atoms with Gasteiger partial charge in [0, 0.05) is 18.5 Å². The van der Waals surface area contributed by atoms with E-state index in [1.807, 2.05) is 11.0 Å². The number of amides is 2. The molecule has 1 aliphatic carbocycles. The van der Waals surface area contributed by atoms with Crippen LogP contribution in [-0.4, -0.2) is 45.8 Å². The number of halogens is 1. The summed E-state index contributed by atoms with van der Waals surface area (Å²) in [5.41, 5.74) is 1.76. The third-order valence-electron chi connectivity index (χ3n) is 5.53. The van der Waals surface area contributed by atoms with E-state index >= 15 is 0 Å². The Hall–Kier alpha value is -1.89. The number of piperidine rings is 1. The molecule has 6 nitrogen and oxygen atoms in total. The lowest BCUT2D eigenvalue weighted by atomic mass is 9.93. The highest BCUT2D eigenvalue weighted by molar-refractivity contribution is 9.10. The molecule has 25 heavy (non-hydrogen) atoms. The van der Waals surface area contributed by atoms with Gasteiger partial charge in [-0.3, -0.25) is 9.59 Å². The smallest absolute Gasteiger partial charge is 0.268 e. The third kappa shape index (κ3) is 3.29. The number of carbonyl (C=O) groups is 2. The Labute approximate surface area is 154 Å². The van der Waals surface area contributed by atoms with Crippen molar-refractivity contribution < 1.29 is 9.59 Å². The Bertz CT molecular complexity index is 833. The molecule has 0 radical (unpaired) electrons. The van der Waals surface area contributed by atoms with Gasteiger partial charge in [-0.05, 0) is 66.1 Å². The van der Waals surface area contributed by atoms with Crippen molar-refractivity contribution in [2.45, 2.75) is 38.6 Å². The van der Waals surface area contributed by atoms with Crippen LogP contribution in [-0.2, 0) is 4.79 Å². The summed E-state index contributed by atoms with van der Waals surface area (Å²) in [5.74, 6) is -0.270. The maximum Gasteiger partial charge on any atom is 0.268 e. The number of aromatic nitrogens is 2. The van der Waals surface area contributed by atoms with Gasteiger partial charge in [0.05, 0.1) is 11.7 Å². The summed E-state index contributed by atoms with van der Waals surface area (Å²) in [4.78, 5) is 34.1. The fourth-order valence-corrected chi connectivity index (χ4v) is 3.96. The molecule has 2 amide bonds. The first kappa shape index (κ1) is 16.6.